The number of hydrogen-bond donors (Lipinski definition) is 2. The second-order valence-corrected chi connectivity index (χ2v) is 7.79. The Hall–Kier alpha value is -2.64. The summed E-state index contributed by atoms with van der Waals surface area (Å²) in [6.07, 6.45) is -0.702. The number of carbonyl (C=O) groups is 1. The van der Waals surface area contributed by atoms with Crippen LogP contribution in [-0.2, 0) is 4.79 Å². The predicted octanol–water partition coefficient (Wildman–Crippen LogP) is 5.66. The zero-order chi connectivity index (χ0) is 21.0. The summed E-state index contributed by atoms with van der Waals surface area (Å²) in [5, 5.41) is 6.60. The summed E-state index contributed by atoms with van der Waals surface area (Å²) >= 11 is 9.32. The fraction of sp³-hybridized carbons (Fsp3) is 0.190. The molecule has 3 aromatic rings. The van der Waals surface area contributed by atoms with E-state index in [0.717, 1.165) is 17.1 Å². The van der Waals surface area contributed by atoms with Crippen molar-refractivity contribution >= 4 is 50.8 Å². The topological polar surface area (TPSA) is 76.1 Å². The number of aryl methyl sites for hydroxylation is 2. The Bertz CT molecular complexity index is 1020. The highest BCUT2D eigenvalue weighted by Gasteiger charge is 2.16. The van der Waals surface area contributed by atoms with E-state index in [1.54, 1.807) is 31.2 Å². The van der Waals surface area contributed by atoms with Crippen LogP contribution in [0, 0.1) is 13.8 Å². The Labute approximate surface area is 182 Å². The molecule has 150 valence electrons. The van der Waals surface area contributed by atoms with Crippen LogP contribution in [0.25, 0.3) is 0 Å². The van der Waals surface area contributed by atoms with Gasteiger partial charge >= 0.3 is 0 Å². The first-order valence-electron chi connectivity index (χ1n) is 8.92. The number of nitrogens with zero attached hydrogens (tertiary/aromatic N) is 2. The van der Waals surface area contributed by atoms with Gasteiger partial charge in [-0.2, -0.15) is 0 Å². The van der Waals surface area contributed by atoms with Crippen LogP contribution in [0.5, 0.6) is 5.75 Å². The highest BCUT2D eigenvalue weighted by atomic mass is 79.9. The molecule has 29 heavy (non-hydrogen) atoms. The largest absolute Gasteiger partial charge is 0.480 e. The lowest BCUT2D eigenvalue weighted by atomic mass is 10.2. The third-order valence-electron chi connectivity index (χ3n) is 3.94. The Balaban J connectivity index is 1.66. The quantitative estimate of drug-likeness (QED) is 0.481. The van der Waals surface area contributed by atoms with Gasteiger partial charge in [0.15, 0.2) is 6.10 Å². The van der Waals surface area contributed by atoms with Crippen LogP contribution < -0.4 is 15.4 Å². The third kappa shape index (κ3) is 5.92. The van der Waals surface area contributed by atoms with Gasteiger partial charge in [0, 0.05) is 27.8 Å². The van der Waals surface area contributed by atoms with Gasteiger partial charge in [-0.15, -0.1) is 0 Å². The molecule has 2 N–H and O–H groups in total. The molecule has 0 aliphatic heterocycles. The molecular formula is C21H20BrClN4O2. The maximum atomic E-state index is 12.5. The monoisotopic (exact) mass is 474 g/mol. The van der Waals surface area contributed by atoms with Crippen LogP contribution in [0.1, 0.15) is 18.3 Å². The van der Waals surface area contributed by atoms with Gasteiger partial charge in [-0.1, -0.05) is 17.7 Å². The molecule has 0 spiro atoms. The molecular weight excluding hydrogens is 456 g/mol. The lowest BCUT2D eigenvalue weighted by molar-refractivity contribution is -0.122. The van der Waals surface area contributed by atoms with Crippen molar-refractivity contribution in [1.82, 2.24) is 9.97 Å². The number of nitrogens with one attached hydrogen (secondary N) is 2. The van der Waals surface area contributed by atoms with Gasteiger partial charge in [0.25, 0.3) is 5.91 Å². The molecule has 1 heterocycles. The van der Waals surface area contributed by atoms with Crippen LogP contribution in [0.4, 0.5) is 17.3 Å². The molecule has 3 rings (SSSR count). The maximum absolute atomic E-state index is 12.5. The summed E-state index contributed by atoms with van der Waals surface area (Å²) in [5.41, 5.74) is 3.16. The molecule has 1 aromatic heterocycles. The number of ether oxygens (including phenoxy) is 1. The van der Waals surface area contributed by atoms with E-state index in [1.807, 2.05) is 38.1 Å². The lowest BCUT2D eigenvalue weighted by Gasteiger charge is -2.16. The molecule has 1 amide bonds. The fourth-order valence-corrected chi connectivity index (χ4v) is 3.42. The van der Waals surface area contributed by atoms with E-state index < -0.39 is 6.10 Å². The van der Waals surface area contributed by atoms with Crippen molar-refractivity contribution in [3.63, 3.8) is 0 Å². The van der Waals surface area contributed by atoms with Crippen molar-refractivity contribution in [2.24, 2.45) is 0 Å². The minimum Gasteiger partial charge on any atom is -0.480 e. The molecule has 0 saturated carbocycles. The average Bonchev–Trinajstić information content (AvgIpc) is 2.63. The molecule has 0 bridgehead atoms. The van der Waals surface area contributed by atoms with Crippen LogP contribution in [0.2, 0.25) is 5.02 Å². The first-order chi connectivity index (χ1) is 13.8. The molecule has 2 aromatic carbocycles. The van der Waals surface area contributed by atoms with Gasteiger partial charge < -0.3 is 15.4 Å². The number of aromatic nitrogens is 2. The van der Waals surface area contributed by atoms with Crippen LogP contribution in [0.3, 0.4) is 0 Å². The smallest absolute Gasteiger partial charge is 0.265 e. The maximum Gasteiger partial charge on any atom is 0.265 e. The molecule has 1 unspecified atom stereocenters. The van der Waals surface area contributed by atoms with Crippen LogP contribution in [0.15, 0.2) is 53.0 Å². The van der Waals surface area contributed by atoms with Gasteiger partial charge in [0.1, 0.15) is 5.75 Å². The van der Waals surface area contributed by atoms with E-state index in [9.17, 15) is 4.79 Å². The second kappa shape index (κ2) is 9.24. The molecule has 0 radical (unpaired) electrons. The van der Waals surface area contributed by atoms with Crippen molar-refractivity contribution in [3.8, 4) is 5.75 Å². The summed E-state index contributed by atoms with van der Waals surface area (Å²) in [5.74, 6) is 0.779. The fourth-order valence-electron chi connectivity index (χ4n) is 2.64. The first-order valence-corrected chi connectivity index (χ1v) is 10.1. The molecule has 8 heteroatoms. The van der Waals surface area contributed by atoms with E-state index in [-0.39, 0.29) is 5.91 Å². The first kappa shape index (κ1) is 21.1. The highest BCUT2D eigenvalue weighted by molar-refractivity contribution is 9.10. The van der Waals surface area contributed by atoms with Gasteiger partial charge in [0.05, 0.1) is 4.47 Å². The van der Waals surface area contributed by atoms with Crippen molar-refractivity contribution in [2.75, 3.05) is 10.6 Å². The molecule has 0 saturated heterocycles. The number of halogens is 2. The van der Waals surface area contributed by atoms with E-state index in [0.29, 0.717) is 26.9 Å². The summed E-state index contributed by atoms with van der Waals surface area (Å²) in [7, 11) is 0. The molecule has 0 aliphatic rings. The van der Waals surface area contributed by atoms with Gasteiger partial charge in [0.2, 0.25) is 5.95 Å². The summed E-state index contributed by atoms with van der Waals surface area (Å²) in [4.78, 5) is 21.3. The molecule has 0 aliphatic carbocycles. The number of rotatable bonds is 6. The highest BCUT2D eigenvalue weighted by Crippen LogP contribution is 2.29. The van der Waals surface area contributed by atoms with Crippen LogP contribution in [-0.4, -0.2) is 22.0 Å². The van der Waals surface area contributed by atoms with E-state index >= 15 is 0 Å². The van der Waals surface area contributed by atoms with Crippen molar-refractivity contribution < 1.29 is 9.53 Å². The van der Waals surface area contributed by atoms with Gasteiger partial charge in [-0.3, -0.25) is 4.79 Å². The Morgan fingerprint density at radius 2 is 1.76 bits per heavy atom. The summed E-state index contributed by atoms with van der Waals surface area (Å²) in [6, 6.07) is 14.4. The van der Waals surface area contributed by atoms with Crippen molar-refractivity contribution in [1.29, 1.82) is 0 Å². The SMILES string of the molecule is Cc1cc(C)nc(Nc2cccc(NC(=O)C(C)Oc3ccc(Cl)cc3Br)c2)n1. The Morgan fingerprint density at radius 1 is 1.07 bits per heavy atom. The number of hydrogen-bond acceptors (Lipinski definition) is 5. The number of carbonyl (C=O) groups excluding carboxylic acids is 1. The minimum absolute atomic E-state index is 0.272. The van der Waals surface area contributed by atoms with Crippen molar-refractivity contribution in [3.05, 3.63) is 69.4 Å². The standard InChI is InChI=1S/C21H20BrClN4O2/c1-12-9-13(2)25-21(24-12)27-17-6-4-5-16(11-17)26-20(28)14(3)29-19-8-7-15(23)10-18(19)22/h4-11,14H,1-3H3,(H,26,28)(H,24,25,27). The molecule has 1 atom stereocenters. The number of amides is 1. The van der Waals surface area contributed by atoms with E-state index in [2.05, 4.69) is 36.5 Å². The molecule has 6 nitrogen and oxygen atoms in total. The van der Waals surface area contributed by atoms with Crippen molar-refractivity contribution in [2.45, 2.75) is 26.9 Å². The average molecular weight is 476 g/mol. The Kier molecular flexibility index (Phi) is 6.71. The third-order valence-corrected chi connectivity index (χ3v) is 4.79. The second-order valence-electron chi connectivity index (χ2n) is 6.50. The zero-order valence-corrected chi connectivity index (χ0v) is 18.5. The predicted molar refractivity (Wildman–Crippen MR) is 119 cm³/mol. The number of anilines is 3. The van der Waals surface area contributed by atoms with E-state index in [4.69, 9.17) is 16.3 Å². The van der Waals surface area contributed by atoms with Crippen LogP contribution >= 0.6 is 27.5 Å². The van der Waals surface area contributed by atoms with Gasteiger partial charge in [-0.25, -0.2) is 9.97 Å². The lowest BCUT2D eigenvalue weighted by Crippen LogP contribution is -2.30. The minimum atomic E-state index is -0.702. The number of benzene rings is 2. The summed E-state index contributed by atoms with van der Waals surface area (Å²) < 4.78 is 6.42. The van der Waals surface area contributed by atoms with E-state index in [1.165, 1.54) is 0 Å². The van der Waals surface area contributed by atoms with Gasteiger partial charge in [-0.05, 0) is 79.2 Å². The summed E-state index contributed by atoms with van der Waals surface area (Å²) in [6.45, 7) is 5.51. The molecule has 0 fully saturated rings. The zero-order valence-electron chi connectivity index (χ0n) is 16.2. The Morgan fingerprint density at radius 3 is 2.45 bits per heavy atom. The normalized spacial score (nSPS) is 11.6.